The molecular weight excluding hydrogens is 382 g/mol. The highest BCUT2D eigenvalue weighted by atomic mass is 16.5. The molecule has 2 aliphatic rings. The molecule has 9 nitrogen and oxygen atoms in total. The Balaban J connectivity index is 1.59. The number of nitrogens with two attached hydrogens (primary N) is 2. The van der Waals surface area contributed by atoms with Crippen molar-refractivity contribution in [3.63, 3.8) is 0 Å². The van der Waals surface area contributed by atoms with Gasteiger partial charge in [0, 0.05) is 38.6 Å². The standard InChI is InChI=1S/C21H33N7O2/c1-3-8-28-20(29)18(19(23)27-9-7-25-21(27)28)26-14-16(11-22)13-24-12-15-5-4-6-17(10-15)30-2/h4-7,9-10,13,18-19,21,24-26H,3,8,11-12,14,22-23H2,1-2H3/b16-13+. The number of methoxy groups -OCH3 is 1. The minimum atomic E-state index is -0.509. The van der Waals surface area contributed by atoms with Gasteiger partial charge in [-0.25, -0.2) is 0 Å². The van der Waals surface area contributed by atoms with Crippen molar-refractivity contribution >= 4 is 5.91 Å². The quantitative estimate of drug-likeness (QED) is 0.356. The molecule has 0 aliphatic carbocycles. The minimum Gasteiger partial charge on any atom is -0.497 e. The number of hydrogen-bond acceptors (Lipinski definition) is 8. The van der Waals surface area contributed by atoms with Crippen LogP contribution in [0.15, 0.2) is 48.4 Å². The van der Waals surface area contributed by atoms with E-state index < -0.39 is 12.2 Å². The lowest BCUT2D eigenvalue weighted by Crippen LogP contribution is -2.72. The number of amides is 1. The molecule has 0 spiro atoms. The van der Waals surface area contributed by atoms with E-state index in [4.69, 9.17) is 16.2 Å². The summed E-state index contributed by atoms with van der Waals surface area (Å²) in [6.07, 6.45) is 5.84. The summed E-state index contributed by atoms with van der Waals surface area (Å²) >= 11 is 0. The highest BCUT2D eigenvalue weighted by Gasteiger charge is 2.45. The van der Waals surface area contributed by atoms with Crippen LogP contribution >= 0.6 is 0 Å². The highest BCUT2D eigenvalue weighted by Crippen LogP contribution is 2.22. The third-order valence-corrected chi connectivity index (χ3v) is 5.33. The number of hydrogen-bond donors (Lipinski definition) is 5. The van der Waals surface area contributed by atoms with Crippen molar-refractivity contribution < 1.29 is 9.53 Å². The summed E-state index contributed by atoms with van der Waals surface area (Å²) in [6, 6.07) is 7.37. The van der Waals surface area contributed by atoms with E-state index in [-0.39, 0.29) is 12.2 Å². The Hall–Kier alpha value is -2.75. The zero-order valence-electron chi connectivity index (χ0n) is 17.7. The molecular formula is C21H33N7O2. The zero-order chi connectivity index (χ0) is 21.5. The number of ether oxygens (including phenoxy) is 1. The van der Waals surface area contributed by atoms with E-state index in [0.29, 0.717) is 26.2 Å². The number of fused-ring (bicyclic) bond motifs is 1. The molecule has 1 fully saturated rings. The number of rotatable bonds is 10. The molecule has 30 heavy (non-hydrogen) atoms. The second-order valence-electron chi connectivity index (χ2n) is 7.42. The van der Waals surface area contributed by atoms with Gasteiger partial charge >= 0.3 is 0 Å². The zero-order valence-corrected chi connectivity index (χ0v) is 17.7. The average Bonchev–Trinajstić information content (AvgIpc) is 3.25. The van der Waals surface area contributed by atoms with Gasteiger partial charge in [0.1, 0.15) is 18.0 Å². The van der Waals surface area contributed by atoms with Crippen LogP contribution in [-0.2, 0) is 11.3 Å². The molecule has 9 heteroatoms. The van der Waals surface area contributed by atoms with Crippen molar-refractivity contribution in [1.29, 1.82) is 0 Å². The van der Waals surface area contributed by atoms with Gasteiger partial charge in [0.2, 0.25) is 5.91 Å². The van der Waals surface area contributed by atoms with Gasteiger partial charge in [0.15, 0.2) is 6.29 Å². The Kier molecular flexibility index (Phi) is 7.56. The van der Waals surface area contributed by atoms with Crippen molar-refractivity contribution in [3.05, 3.63) is 54.0 Å². The Bertz CT molecular complexity index is 782. The van der Waals surface area contributed by atoms with Crippen LogP contribution in [0.4, 0.5) is 0 Å². The van der Waals surface area contributed by atoms with Gasteiger partial charge in [-0.15, -0.1) is 0 Å². The smallest absolute Gasteiger partial charge is 0.246 e. The Labute approximate surface area is 178 Å². The second kappa shape index (κ2) is 10.3. The molecule has 164 valence electrons. The summed E-state index contributed by atoms with van der Waals surface area (Å²) in [5.41, 5.74) is 14.4. The van der Waals surface area contributed by atoms with Crippen LogP contribution in [0, 0.1) is 0 Å². The number of nitrogens with one attached hydrogen (secondary N) is 3. The van der Waals surface area contributed by atoms with E-state index in [1.165, 1.54) is 0 Å². The molecule has 2 aliphatic heterocycles. The summed E-state index contributed by atoms with van der Waals surface area (Å²) in [5, 5.41) is 9.79. The largest absolute Gasteiger partial charge is 0.497 e. The fourth-order valence-electron chi connectivity index (χ4n) is 3.71. The van der Waals surface area contributed by atoms with E-state index in [1.807, 2.05) is 52.7 Å². The number of carbonyl (C=O) groups excluding carboxylic acids is 1. The van der Waals surface area contributed by atoms with Crippen LogP contribution in [0.25, 0.3) is 0 Å². The van der Waals surface area contributed by atoms with E-state index in [2.05, 4.69) is 22.9 Å². The topological polar surface area (TPSA) is 121 Å². The lowest BCUT2D eigenvalue weighted by Gasteiger charge is -2.47. The van der Waals surface area contributed by atoms with Gasteiger partial charge < -0.3 is 36.6 Å². The van der Waals surface area contributed by atoms with Gasteiger partial charge in [-0.3, -0.25) is 10.1 Å². The first kappa shape index (κ1) is 21.9. The molecule has 3 unspecified atom stereocenters. The summed E-state index contributed by atoms with van der Waals surface area (Å²) in [5.74, 6) is 0.826. The maximum atomic E-state index is 13.0. The predicted octanol–water partition coefficient (Wildman–Crippen LogP) is -0.217. The van der Waals surface area contributed by atoms with Crippen LogP contribution in [-0.4, -0.2) is 60.9 Å². The molecule has 2 heterocycles. The molecule has 1 amide bonds. The molecule has 3 rings (SSSR count). The predicted molar refractivity (Wildman–Crippen MR) is 117 cm³/mol. The van der Waals surface area contributed by atoms with Crippen LogP contribution in [0.2, 0.25) is 0 Å². The van der Waals surface area contributed by atoms with E-state index in [1.54, 1.807) is 7.11 Å². The number of benzene rings is 1. The van der Waals surface area contributed by atoms with Crippen LogP contribution < -0.4 is 32.2 Å². The van der Waals surface area contributed by atoms with Crippen LogP contribution in [0.1, 0.15) is 18.9 Å². The molecule has 7 N–H and O–H groups in total. The lowest BCUT2D eigenvalue weighted by molar-refractivity contribution is -0.150. The Morgan fingerprint density at radius 2 is 2.23 bits per heavy atom. The fourth-order valence-corrected chi connectivity index (χ4v) is 3.71. The fraction of sp³-hybridized carbons (Fsp3) is 0.476. The van der Waals surface area contributed by atoms with E-state index in [9.17, 15) is 4.79 Å². The molecule has 0 radical (unpaired) electrons. The first-order valence-corrected chi connectivity index (χ1v) is 10.3. The van der Waals surface area contributed by atoms with Gasteiger partial charge in [-0.2, -0.15) is 0 Å². The normalized spacial score (nSPS) is 23.4. The maximum absolute atomic E-state index is 13.0. The van der Waals surface area contributed by atoms with Crippen molar-refractivity contribution in [3.8, 4) is 5.75 Å². The third kappa shape index (κ3) is 4.86. The van der Waals surface area contributed by atoms with Crippen LogP contribution in [0.3, 0.4) is 0 Å². The summed E-state index contributed by atoms with van der Waals surface area (Å²) in [4.78, 5) is 16.8. The second-order valence-corrected chi connectivity index (χ2v) is 7.42. The minimum absolute atomic E-state index is 0.00233. The molecule has 0 aromatic heterocycles. The van der Waals surface area contributed by atoms with E-state index >= 15 is 0 Å². The summed E-state index contributed by atoms with van der Waals surface area (Å²) in [6.45, 7) is 4.22. The molecule has 1 saturated heterocycles. The van der Waals surface area contributed by atoms with Gasteiger partial charge in [0.05, 0.1) is 7.11 Å². The van der Waals surface area contributed by atoms with Gasteiger partial charge in [0.25, 0.3) is 0 Å². The van der Waals surface area contributed by atoms with Gasteiger partial charge in [-0.1, -0.05) is 19.1 Å². The molecule has 1 aromatic carbocycles. The SMILES string of the molecule is CCCN1C(=O)C(NC/C(=C/NCc2cccc(OC)c2)CN)C(N)N2C=CNC12. The van der Waals surface area contributed by atoms with Crippen molar-refractivity contribution in [2.75, 3.05) is 26.7 Å². The highest BCUT2D eigenvalue weighted by molar-refractivity contribution is 5.84. The first-order valence-electron chi connectivity index (χ1n) is 10.3. The van der Waals surface area contributed by atoms with Gasteiger partial charge in [-0.05, 0) is 35.9 Å². The number of carbonyl (C=O) groups is 1. The molecule has 3 atom stereocenters. The molecule has 0 saturated carbocycles. The summed E-state index contributed by atoms with van der Waals surface area (Å²) < 4.78 is 5.25. The average molecular weight is 416 g/mol. The number of nitrogens with zero attached hydrogens (tertiary/aromatic N) is 2. The summed E-state index contributed by atoms with van der Waals surface area (Å²) in [7, 11) is 1.65. The maximum Gasteiger partial charge on any atom is 0.246 e. The van der Waals surface area contributed by atoms with Crippen molar-refractivity contribution in [2.45, 2.75) is 38.4 Å². The van der Waals surface area contributed by atoms with Crippen molar-refractivity contribution in [1.82, 2.24) is 25.8 Å². The lowest BCUT2D eigenvalue weighted by atomic mass is 10.1. The Morgan fingerprint density at radius 3 is 2.97 bits per heavy atom. The molecule has 1 aromatic rings. The Morgan fingerprint density at radius 1 is 1.40 bits per heavy atom. The molecule has 0 bridgehead atoms. The monoisotopic (exact) mass is 415 g/mol. The van der Waals surface area contributed by atoms with Crippen LogP contribution in [0.5, 0.6) is 5.75 Å². The van der Waals surface area contributed by atoms with E-state index in [0.717, 1.165) is 23.3 Å². The van der Waals surface area contributed by atoms with Crippen molar-refractivity contribution in [2.24, 2.45) is 11.5 Å². The third-order valence-electron chi connectivity index (χ3n) is 5.33. The first-order chi connectivity index (χ1) is 14.6.